The minimum absolute atomic E-state index is 0.132. The summed E-state index contributed by atoms with van der Waals surface area (Å²) in [5.41, 5.74) is 1.20. The maximum atomic E-state index is 12.9. The fraction of sp³-hybridized carbons (Fsp3) is 0.500. The van der Waals surface area contributed by atoms with Gasteiger partial charge in [-0.1, -0.05) is 6.07 Å². The molecular weight excluding hydrogens is 348 g/mol. The molecule has 6 heteroatoms. The van der Waals surface area contributed by atoms with E-state index in [2.05, 4.69) is 16.0 Å². The molecule has 0 N–H and O–H groups in total. The van der Waals surface area contributed by atoms with Crippen molar-refractivity contribution in [3.8, 4) is 11.5 Å². The standard InChI is InChI=1S/C20H26N2O3S/c1-14-21-13-19(26-14)20(23)22-11-5-4-6-16(22)9-7-15-8-10-17(24-2)18(12-15)25-3/h8,10,12-13,16H,4-7,9,11H2,1-3H3/t16-/m1/s1. The number of likely N-dealkylation sites (tertiary alicyclic amines) is 1. The zero-order valence-corrected chi connectivity index (χ0v) is 16.5. The van der Waals surface area contributed by atoms with E-state index >= 15 is 0 Å². The molecule has 0 spiro atoms. The van der Waals surface area contributed by atoms with Gasteiger partial charge >= 0.3 is 0 Å². The first-order valence-corrected chi connectivity index (χ1v) is 9.88. The normalized spacial score (nSPS) is 17.2. The number of thiazole rings is 1. The third kappa shape index (κ3) is 4.18. The lowest BCUT2D eigenvalue weighted by Gasteiger charge is -2.35. The van der Waals surface area contributed by atoms with E-state index in [1.165, 1.54) is 23.3 Å². The molecule has 0 aliphatic carbocycles. The van der Waals surface area contributed by atoms with Crippen LogP contribution in [-0.4, -0.2) is 42.6 Å². The summed E-state index contributed by atoms with van der Waals surface area (Å²) in [5.74, 6) is 1.63. The number of amides is 1. The van der Waals surface area contributed by atoms with E-state index in [1.54, 1.807) is 20.4 Å². The van der Waals surface area contributed by atoms with Gasteiger partial charge in [-0.05, 0) is 56.7 Å². The number of carbonyl (C=O) groups is 1. The lowest BCUT2D eigenvalue weighted by molar-refractivity contribution is 0.0606. The molecule has 0 unspecified atom stereocenters. The molecule has 1 aliphatic rings. The van der Waals surface area contributed by atoms with E-state index in [-0.39, 0.29) is 11.9 Å². The predicted molar refractivity (Wildman–Crippen MR) is 103 cm³/mol. The van der Waals surface area contributed by atoms with Gasteiger partial charge in [0.2, 0.25) is 0 Å². The Balaban J connectivity index is 1.68. The van der Waals surface area contributed by atoms with Crippen LogP contribution in [0.1, 0.15) is 45.9 Å². The molecule has 0 radical (unpaired) electrons. The summed E-state index contributed by atoms with van der Waals surface area (Å²) in [6.45, 7) is 2.78. The summed E-state index contributed by atoms with van der Waals surface area (Å²) in [4.78, 5) is 19.9. The van der Waals surface area contributed by atoms with Crippen LogP contribution in [0.15, 0.2) is 24.4 Å². The van der Waals surface area contributed by atoms with Gasteiger partial charge in [0.1, 0.15) is 4.88 Å². The Kier molecular flexibility index (Phi) is 6.14. The quantitative estimate of drug-likeness (QED) is 0.764. The number of aromatic nitrogens is 1. The van der Waals surface area contributed by atoms with E-state index < -0.39 is 0 Å². The van der Waals surface area contributed by atoms with Gasteiger partial charge in [0.25, 0.3) is 5.91 Å². The average molecular weight is 375 g/mol. The zero-order chi connectivity index (χ0) is 18.5. The summed E-state index contributed by atoms with van der Waals surface area (Å²) in [6, 6.07) is 6.33. The molecule has 3 rings (SSSR count). The Morgan fingerprint density at radius 3 is 2.77 bits per heavy atom. The first kappa shape index (κ1) is 18.7. The van der Waals surface area contributed by atoms with Gasteiger partial charge in [-0.25, -0.2) is 4.98 Å². The molecule has 1 aromatic carbocycles. The predicted octanol–water partition coefficient (Wildman–Crippen LogP) is 4.10. The van der Waals surface area contributed by atoms with Crippen LogP contribution in [0.4, 0.5) is 0 Å². The fourth-order valence-corrected chi connectivity index (χ4v) is 4.27. The highest BCUT2D eigenvalue weighted by atomic mass is 32.1. The molecule has 2 heterocycles. The van der Waals surface area contributed by atoms with E-state index in [4.69, 9.17) is 9.47 Å². The third-order valence-corrected chi connectivity index (χ3v) is 5.84. The molecule has 0 bridgehead atoms. The van der Waals surface area contributed by atoms with Crippen molar-refractivity contribution in [1.82, 2.24) is 9.88 Å². The van der Waals surface area contributed by atoms with Gasteiger partial charge in [-0.2, -0.15) is 0 Å². The second kappa shape index (κ2) is 8.54. The smallest absolute Gasteiger partial charge is 0.265 e. The SMILES string of the molecule is COc1ccc(CC[C@H]2CCCCN2C(=O)c2cnc(C)s2)cc1OC. The topological polar surface area (TPSA) is 51.7 Å². The van der Waals surface area contributed by atoms with Crippen molar-refractivity contribution in [3.63, 3.8) is 0 Å². The second-order valence-electron chi connectivity index (χ2n) is 6.62. The van der Waals surface area contributed by atoms with Crippen molar-refractivity contribution in [1.29, 1.82) is 0 Å². The molecule has 1 saturated heterocycles. The van der Waals surface area contributed by atoms with Crippen LogP contribution < -0.4 is 9.47 Å². The molecule has 1 aromatic heterocycles. The first-order valence-electron chi connectivity index (χ1n) is 9.06. The van der Waals surface area contributed by atoms with Gasteiger partial charge in [0.15, 0.2) is 11.5 Å². The third-order valence-electron chi connectivity index (χ3n) is 4.93. The Morgan fingerprint density at radius 2 is 2.08 bits per heavy atom. The lowest BCUT2D eigenvalue weighted by Crippen LogP contribution is -2.43. The van der Waals surface area contributed by atoms with Crippen molar-refractivity contribution in [3.05, 3.63) is 39.8 Å². The Labute approximate surface area is 159 Å². The van der Waals surface area contributed by atoms with Gasteiger partial charge in [-0.3, -0.25) is 4.79 Å². The average Bonchev–Trinajstić information content (AvgIpc) is 3.12. The van der Waals surface area contributed by atoms with Crippen LogP contribution in [0.25, 0.3) is 0 Å². The number of piperidine rings is 1. The second-order valence-corrected chi connectivity index (χ2v) is 7.85. The van der Waals surface area contributed by atoms with Crippen molar-refractivity contribution in [2.45, 2.75) is 45.1 Å². The monoisotopic (exact) mass is 374 g/mol. The molecule has 5 nitrogen and oxygen atoms in total. The van der Waals surface area contributed by atoms with Gasteiger partial charge in [0.05, 0.1) is 25.4 Å². The van der Waals surface area contributed by atoms with Crippen LogP contribution in [0.5, 0.6) is 11.5 Å². The fourth-order valence-electron chi connectivity index (χ4n) is 3.54. The number of hydrogen-bond donors (Lipinski definition) is 0. The van der Waals surface area contributed by atoms with Crippen LogP contribution in [0, 0.1) is 6.92 Å². The zero-order valence-electron chi connectivity index (χ0n) is 15.7. The molecule has 140 valence electrons. The lowest BCUT2D eigenvalue weighted by atomic mass is 9.95. The molecule has 1 amide bonds. The number of hydrogen-bond acceptors (Lipinski definition) is 5. The Hall–Kier alpha value is -2.08. The maximum Gasteiger partial charge on any atom is 0.265 e. The molecule has 0 saturated carbocycles. The number of rotatable bonds is 6. The van der Waals surface area contributed by atoms with Crippen LogP contribution >= 0.6 is 11.3 Å². The van der Waals surface area contributed by atoms with E-state index in [0.717, 1.165) is 53.6 Å². The summed E-state index contributed by atoms with van der Waals surface area (Å²) in [7, 11) is 3.30. The number of aryl methyl sites for hydroxylation is 2. The number of ether oxygens (including phenoxy) is 2. The minimum atomic E-state index is 0.132. The Bertz CT molecular complexity index is 759. The largest absolute Gasteiger partial charge is 0.493 e. The van der Waals surface area contributed by atoms with E-state index in [9.17, 15) is 4.79 Å². The van der Waals surface area contributed by atoms with Crippen molar-refractivity contribution in [2.75, 3.05) is 20.8 Å². The first-order chi connectivity index (χ1) is 12.6. The summed E-state index contributed by atoms with van der Waals surface area (Å²) in [6.07, 6.45) is 6.91. The number of benzene rings is 1. The van der Waals surface area contributed by atoms with E-state index in [0.29, 0.717) is 0 Å². The van der Waals surface area contributed by atoms with Gasteiger partial charge < -0.3 is 14.4 Å². The highest BCUT2D eigenvalue weighted by Crippen LogP contribution is 2.29. The summed E-state index contributed by atoms with van der Waals surface area (Å²) < 4.78 is 10.7. The van der Waals surface area contributed by atoms with Crippen molar-refractivity contribution in [2.24, 2.45) is 0 Å². The molecule has 2 aromatic rings. The van der Waals surface area contributed by atoms with Gasteiger partial charge in [-0.15, -0.1) is 11.3 Å². The number of nitrogens with zero attached hydrogens (tertiary/aromatic N) is 2. The number of methoxy groups -OCH3 is 2. The molecule has 26 heavy (non-hydrogen) atoms. The number of carbonyl (C=O) groups excluding carboxylic acids is 1. The van der Waals surface area contributed by atoms with Crippen molar-refractivity contribution >= 4 is 17.2 Å². The molecule has 1 fully saturated rings. The van der Waals surface area contributed by atoms with E-state index in [1.807, 2.05) is 19.1 Å². The van der Waals surface area contributed by atoms with Crippen molar-refractivity contribution < 1.29 is 14.3 Å². The highest BCUT2D eigenvalue weighted by Gasteiger charge is 2.28. The summed E-state index contributed by atoms with van der Waals surface area (Å²) >= 11 is 1.48. The molecule has 1 aliphatic heterocycles. The van der Waals surface area contributed by atoms with Gasteiger partial charge in [0, 0.05) is 12.6 Å². The molecule has 1 atom stereocenters. The molecular formula is C20H26N2O3S. The van der Waals surface area contributed by atoms with Crippen LogP contribution in [-0.2, 0) is 6.42 Å². The Morgan fingerprint density at radius 1 is 1.27 bits per heavy atom. The van der Waals surface area contributed by atoms with Crippen LogP contribution in [0.2, 0.25) is 0 Å². The van der Waals surface area contributed by atoms with Crippen LogP contribution in [0.3, 0.4) is 0 Å². The maximum absolute atomic E-state index is 12.9. The minimum Gasteiger partial charge on any atom is -0.493 e. The highest BCUT2D eigenvalue weighted by molar-refractivity contribution is 7.13. The summed E-state index contributed by atoms with van der Waals surface area (Å²) in [5, 5.41) is 0.937.